The van der Waals surface area contributed by atoms with E-state index in [0.29, 0.717) is 156 Å². The number of fused-ring (bicyclic) bond motifs is 6. The third-order valence-electron chi connectivity index (χ3n) is 26.1. The molecule has 46 heteroatoms. The first-order valence-electron chi connectivity index (χ1n) is 48.5. The molecule has 0 unspecified atom stereocenters. The normalized spacial score (nSPS) is 14.4. The summed E-state index contributed by atoms with van der Waals surface area (Å²) in [4.78, 5) is 102. The van der Waals surface area contributed by atoms with Gasteiger partial charge in [-0.05, 0) is 249 Å². The van der Waals surface area contributed by atoms with Crippen molar-refractivity contribution in [3.05, 3.63) is 256 Å². The lowest BCUT2D eigenvalue weighted by Crippen LogP contribution is -2.25. The van der Waals surface area contributed by atoms with Crippen molar-refractivity contribution in [3.8, 4) is 66.4 Å². The van der Waals surface area contributed by atoms with E-state index < -0.39 is 0 Å². The van der Waals surface area contributed by atoms with Crippen LogP contribution in [-0.2, 0) is 45.8 Å². The zero-order chi connectivity index (χ0) is 103. The van der Waals surface area contributed by atoms with E-state index in [2.05, 4.69) is 159 Å². The second-order valence-corrected chi connectivity index (χ2v) is 37.6. The van der Waals surface area contributed by atoms with Gasteiger partial charge in [0.2, 0.25) is 5.28 Å². The van der Waals surface area contributed by atoms with Crippen LogP contribution in [0.25, 0.3) is 67.0 Å². The van der Waals surface area contributed by atoms with Crippen LogP contribution in [0.1, 0.15) is 176 Å². The van der Waals surface area contributed by atoms with Gasteiger partial charge in [-0.25, -0.2) is 24.5 Å². The number of methoxy groups -OCH3 is 1. The van der Waals surface area contributed by atoms with Crippen LogP contribution in [0.4, 0.5) is 34.9 Å². The highest BCUT2D eigenvalue weighted by atomic mass is 79.9. The van der Waals surface area contributed by atoms with Gasteiger partial charge in [-0.3, -0.25) is 23.2 Å². The van der Waals surface area contributed by atoms with Gasteiger partial charge in [0.15, 0.2) is 90.1 Å². The van der Waals surface area contributed by atoms with Gasteiger partial charge in [0.05, 0.1) is 117 Å². The fourth-order valence-corrected chi connectivity index (χ4v) is 17.8. The second-order valence-electron chi connectivity index (χ2n) is 36.6. The number of benzene rings is 6. The van der Waals surface area contributed by atoms with E-state index in [4.69, 9.17) is 101 Å². The van der Waals surface area contributed by atoms with Crippen LogP contribution in [0.5, 0.6) is 36.1 Å². The zero-order valence-electron chi connectivity index (χ0n) is 80.8. The molecule has 24 rings (SSSR count). The summed E-state index contributed by atoms with van der Waals surface area (Å²) in [5.41, 5.74) is 51.5. The lowest BCUT2D eigenvalue weighted by Gasteiger charge is -2.25. The van der Waals surface area contributed by atoms with E-state index in [1.807, 2.05) is 98.6 Å². The van der Waals surface area contributed by atoms with Crippen molar-refractivity contribution in [1.29, 1.82) is 26.3 Å². The van der Waals surface area contributed by atoms with Crippen LogP contribution in [0.3, 0.4) is 0 Å². The summed E-state index contributed by atoms with van der Waals surface area (Å²) in [6.07, 6.45) is 22.5. The van der Waals surface area contributed by atoms with Crippen molar-refractivity contribution in [2.45, 2.75) is 185 Å². The number of imidazole rings is 6. The molecule has 6 fully saturated rings. The SMILES string of the molecule is COc1nc2c(N)nc(OC3CCC3)nc2n1Cc1cccc(C#N)c1.N#Cc1cccc(Cn2c(=O)[nH]c3c(N)nc(OC4CCC4)nc32)c1.N#Cc1cccc(Cn2c(Br)nc3c(N)nc(OC4CCC4)nc32)c1.N#Cc1cccc(Cn2cnc3c(N)nc(Cl)nc32)c1.N#Cc1cccc(Cn2cnc3c(N)nc(OC4CCC4)nc32)c1.Nc1nc(OC2CCC2)nc2c1[nH]c(=O)n2Cc1cccc(CN2CCCC2)c1. The number of nitrogens with two attached hydrogens (primary N) is 6. The van der Waals surface area contributed by atoms with Gasteiger partial charge in [-0.2, -0.15) is 91.1 Å². The molecule has 0 amide bonds. The molecule has 13 heterocycles. The van der Waals surface area contributed by atoms with Gasteiger partial charge in [0, 0.05) is 6.54 Å². The molecule has 1 aliphatic heterocycles. The highest BCUT2D eigenvalue weighted by Gasteiger charge is 2.30. The Hall–Kier alpha value is -18.0. The fraction of sp³-hybridized carbons (Fsp3) is 0.311. The molecule has 754 valence electrons. The van der Waals surface area contributed by atoms with E-state index in [1.165, 1.54) is 35.8 Å². The van der Waals surface area contributed by atoms with E-state index in [1.54, 1.807) is 71.4 Å². The van der Waals surface area contributed by atoms with Crippen molar-refractivity contribution < 1.29 is 28.4 Å². The second kappa shape index (κ2) is 45.1. The van der Waals surface area contributed by atoms with Crippen molar-refractivity contribution in [2.24, 2.45) is 0 Å². The number of hydrogen-bond donors (Lipinski definition) is 8. The predicted octanol–water partition coefficient (Wildman–Crippen LogP) is 13.4. The Morgan fingerprint density at radius 2 is 0.644 bits per heavy atom. The quantitative estimate of drug-likeness (QED) is 0.0195. The number of anilines is 6. The number of aromatic amines is 2. The summed E-state index contributed by atoms with van der Waals surface area (Å²) in [7, 11) is 1.54. The summed E-state index contributed by atoms with van der Waals surface area (Å²) in [5.74, 6) is 1.55. The topological polar surface area (TPSA) is 635 Å². The van der Waals surface area contributed by atoms with Crippen molar-refractivity contribution in [1.82, 2.24) is 122 Å². The molecule has 44 nitrogen and oxygen atoms in total. The van der Waals surface area contributed by atoms with Gasteiger partial charge >= 0.3 is 41.4 Å². The number of likely N-dealkylation sites (tertiary alicyclic amines) is 1. The van der Waals surface area contributed by atoms with Crippen molar-refractivity contribution >= 4 is 129 Å². The van der Waals surface area contributed by atoms with Gasteiger partial charge in [-0.15, -0.1) is 0 Å². The minimum absolute atomic E-state index is 0.0857. The van der Waals surface area contributed by atoms with Crippen molar-refractivity contribution in [2.75, 3.05) is 54.6 Å². The van der Waals surface area contributed by atoms with Crippen LogP contribution in [0, 0.1) is 56.7 Å². The maximum absolute atomic E-state index is 12.6. The maximum atomic E-state index is 12.6. The van der Waals surface area contributed by atoms with Crippen LogP contribution in [-0.4, -0.2) is 173 Å². The summed E-state index contributed by atoms with van der Waals surface area (Å²) >= 11 is 9.28. The van der Waals surface area contributed by atoms with Crippen molar-refractivity contribution in [3.63, 3.8) is 0 Å². The molecule has 149 heavy (non-hydrogen) atoms. The molecule has 12 aromatic heterocycles. The molecule has 0 radical (unpaired) electrons. The Morgan fingerprint density at radius 3 is 1.01 bits per heavy atom. The number of ether oxygens (including phenoxy) is 6. The molecule has 0 spiro atoms. The number of nitrogens with zero attached hydrogens (tertiary/aromatic N) is 28. The number of nitrogens with one attached hydrogen (secondary N) is 2. The molecular weight excluding hydrogens is 1980 g/mol. The van der Waals surface area contributed by atoms with Gasteiger partial charge in [0.25, 0.3) is 6.01 Å². The highest BCUT2D eigenvalue weighted by Crippen LogP contribution is 2.36. The number of nitrogen functional groups attached to an aromatic ring is 6. The minimum Gasteiger partial charge on any atom is -0.468 e. The first-order valence-corrected chi connectivity index (χ1v) is 49.7. The lowest BCUT2D eigenvalue weighted by molar-refractivity contribution is 0.109. The fourth-order valence-electron chi connectivity index (χ4n) is 17.2. The molecule has 5 saturated carbocycles. The van der Waals surface area contributed by atoms with Gasteiger partial charge in [0.1, 0.15) is 47.1 Å². The average molecular weight is 2090 g/mol. The number of nitriles is 5. The standard InChI is InChI=1S/C21H26N6O2.C18H18N6O2.C17H15BrN6O.C17H16N6O2.C17H16N6O.C13H9ClN6/c22-18-17-19(25-20(24-18)29-16-7-4-8-16)27(21(28)23-17)13-15-6-3-5-14(11-15)12-26-9-1-2-10-26;1-25-18-21-14-15(20)22-17(26-13-6-3-7-13)23-16(14)24(18)10-12-5-2-4-11(8-12)9-19;18-16-21-13-14(20)22-17(25-12-5-2-6-12)23-15(13)24(16)9-11-4-1-3-10(7-11)8-19;18-8-10-3-1-4-11(7-10)9-23-15-13(20-17(23)24)14(19)21-16(22-15)25-12-5-2-6-12;18-8-11-3-1-4-12(7-11)9-23-10-20-14-15(19)21-17(22-16(14)23)24-13-5-2-6-13;14-13-18-11(16)10-12(19-13)20(7-17-10)6-9-3-1-2-8(4-9)5-15/h3,5-6,11,16H,1-2,4,7-10,12-13H2,(H,23,28)(H2,22,24,25);2,4-5,8,13H,3,6-7,10H2,1H3,(H2,20,22,23);1,3-4,7,12H,2,5-6,9H2,(H2,20,22,23);1,3-4,7,12H,2,5-6,9H2,(H,20,24)(H2,19,21,22);1,3-4,7,10,13H,2,5-6,9H2,(H2,19,21,22);1-4,7H,6H2,(H2,16,18,19). The Balaban J connectivity index is 0.000000113. The molecule has 1 saturated heterocycles. The summed E-state index contributed by atoms with van der Waals surface area (Å²) in [6.45, 7) is 5.98. The number of aromatic nitrogens is 24. The zero-order valence-corrected chi connectivity index (χ0v) is 83.1. The predicted molar refractivity (Wildman–Crippen MR) is 556 cm³/mol. The van der Waals surface area contributed by atoms with Gasteiger partial charge < -0.3 is 81.9 Å². The minimum atomic E-state index is -0.334. The molecule has 6 aliphatic rings. The molecule has 0 bridgehead atoms. The smallest absolute Gasteiger partial charge is 0.328 e. The molecule has 0 atom stereocenters. The summed E-state index contributed by atoms with van der Waals surface area (Å²) < 4.78 is 45.3. The third-order valence-corrected chi connectivity index (χ3v) is 26.8. The summed E-state index contributed by atoms with van der Waals surface area (Å²) in [5, 5.41) is 45.2. The Bertz CT molecular complexity index is 8380. The number of hydrogen-bond acceptors (Lipinski definition) is 36. The third kappa shape index (κ3) is 23.5. The van der Waals surface area contributed by atoms with E-state index >= 15 is 0 Å². The Labute approximate surface area is 863 Å². The molecular formula is C103H100BrClN36O8. The first-order chi connectivity index (χ1) is 72.5. The summed E-state index contributed by atoms with van der Waals surface area (Å²) in [6, 6.07) is 57.4. The van der Waals surface area contributed by atoms with Crippen LogP contribution >= 0.6 is 27.5 Å². The van der Waals surface area contributed by atoms with E-state index in [0.717, 1.165) is 136 Å². The first kappa shape index (κ1) is 99.7. The molecule has 18 aromatic rings. The molecule has 6 aromatic carbocycles. The van der Waals surface area contributed by atoms with Crippen LogP contribution in [0.15, 0.2) is 173 Å². The van der Waals surface area contributed by atoms with Crippen LogP contribution in [0.2, 0.25) is 5.28 Å². The number of H-pyrrole nitrogens is 2. The van der Waals surface area contributed by atoms with E-state index in [9.17, 15) is 9.59 Å². The lowest BCUT2D eigenvalue weighted by atomic mass is 9.96. The Kier molecular flexibility index (Phi) is 30.2. The van der Waals surface area contributed by atoms with E-state index in [-0.39, 0.29) is 101 Å². The largest absolute Gasteiger partial charge is 0.468 e. The molecule has 5 aliphatic carbocycles. The highest BCUT2D eigenvalue weighted by molar-refractivity contribution is 9.10. The number of rotatable bonds is 25. The van der Waals surface area contributed by atoms with Crippen LogP contribution < -0.4 is 74.2 Å². The van der Waals surface area contributed by atoms with Gasteiger partial charge in [-0.1, -0.05) is 84.9 Å². The monoisotopic (exact) mass is 2080 g/mol. The maximum Gasteiger partial charge on any atom is 0.328 e. The number of halogens is 2. The molecule has 14 N–H and O–H groups in total. The Morgan fingerprint density at radius 1 is 0.342 bits per heavy atom. The average Bonchev–Trinajstić information content (AvgIpc) is 1.64.